The highest BCUT2D eigenvalue weighted by Gasteiger charge is 2.33. The first kappa shape index (κ1) is 21.0. The van der Waals surface area contributed by atoms with E-state index in [1.165, 1.54) is 17.4 Å². The Morgan fingerprint density at radius 2 is 1.94 bits per heavy atom. The molecule has 156 valence electrons. The largest absolute Gasteiger partial charge is 0.458 e. The standard InChI is InChI=1S/C24H19ClN2O3S/c1-3-13-30-23(29)20-15(2)26-24-27(21(20)17-7-5-4-6-8-17)22(28)19(31-24)14-16-9-11-18(25)12-10-16/h3-12,14,21H,1,13H2,2H3/b19-14+/t21-/m1/s1. The fraction of sp³-hybridized carbons (Fsp3) is 0.125. The third kappa shape index (κ3) is 4.17. The van der Waals surface area contributed by atoms with E-state index in [0.29, 0.717) is 25.6 Å². The van der Waals surface area contributed by atoms with Gasteiger partial charge in [0.05, 0.1) is 21.8 Å². The summed E-state index contributed by atoms with van der Waals surface area (Å²) in [6.45, 7) is 5.43. The molecule has 1 aliphatic heterocycles. The van der Waals surface area contributed by atoms with Gasteiger partial charge in [0.2, 0.25) is 0 Å². The molecule has 0 saturated heterocycles. The van der Waals surface area contributed by atoms with Crippen LogP contribution in [-0.2, 0) is 9.53 Å². The lowest BCUT2D eigenvalue weighted by atomic mass is 9.96. The summed E-state index contributed by atoms with van der Waals surface area (Å²) in [6, 6.07) is 16.0. The summed E-state index contributed by atoms with van der Waals surface area (Å²) >= 11 is 7.25. The maximum absolute atomic E-state index is 13.4. The number of carbonyl (C=O) groups is 1. The number of halogens is 1. The van der Waals surface area contributed by atoms with Crippen LogP contribution >= 0.6 is 22.9 Å². The van der Waals surface area contributed by atoms with Gasteiger partial charge in [0.15, 0.2) is 4.80 Å². The molecule has 1 atom stereocenters. The molecular formula is C24H19ClN2O3S. The molecule has 0 N–H and O–H groups in total. The van der Waals surface area contributed by atoms with Crippen LogP contribution in [0.1, 0.15) is 24.1 Å². The normalized spacial score (nSPS) is 15.9. The first-order chi connectivity index (χ1) is 15.0. The van der Waals surface area contributed by atoms with Gasteiger partial charge in [-0.3, -0.25) is 9.36 Å². The maximum Gasteiger partial charge on any atom is 0.338 e. The SMILES string of the molecule is C=CCOC(=O)C1=C(C)N=c2s/c(=C/c3ccc(Cl)cc3)c(=O)n2[C@@H]1c1ccccc1. The molecule has 31 heavy (non-hydrogen) atoms. The number of allylic oxidation sites excluding steroid dienone is 1. The molecule has 0 aliphatic carbocycles. The average Bonchev–Trinajstić information content (AvgIpc) is 3.07. The number of hydrogen-bond donors (Lipinski definition) is 0. The number of thiazole rings is 1. The van der Waals surface area contributed by atoms with E-state index in [0.717, 1.165) is 11.1 Å². The van der Waals surface area contributed by atoms with Crippen LogP contribution in [-0.4, -0.2) is 17.1 Å². The van der Waals surface area contributed by atoms with Gasteiger partial charge in [0.25, 0.3) is 5.56 Å². The molecule has 7 heteroatoms. The van der Waals surface area contributed by atoms with Gasteiger partial charge in [0.1, 0.15) is 6.61 Å². The smallest absolute Gasteiger partial charge is 0.338 e. The topological polar surface area (TPSA) is 60.7 Å². The van der Waals surface area contributed by atoms with Crippen molar-refractivity contribution >= 4 is 35.0 Å². The number of aromatic nitrogens is 1. The second kappa shape index (κ2) is 8.88. The number of benzene rings is 2. The minimum absolute atomic E-state index is 0.0815. The number of nitrogens with zero attached hydrogens (tertiary/aromatic N) is 2. The Bertz CT molecular complexity index is 1350. The predicted molar refractivity (Wildman–Crippen MR) is 123 cm³/mol. The number of carbonyl (C=O) groups excluding carboxylic acids is 1. The van der Waals surface area contributed by atoms with Gasteiger partial charge < -0.3 is 4.74 Å². The van der Waals surface area contributed by atoms with Crippen molar-refractivity contribution in [3.05, 3.63) is 114 Å². The van der Waals surface area contributed by atoms with Gasteiger partial charge in [-0.25, -0.2) is 9.79 Å². The minimum Gasteiger partial charge on any atom is -0.458 e. The van der Waals surface area contributed by atoms with Crippen LogP contribution in [0.4, 0.5) is 0 Å². The lowest BCUT2D eigenvalue weighted by Gasteiger charge is -2.24. The lowest BCUT2D eigenvalue weighted by molar-refractivity contribution is -0.138. The zero-order chi connectivity index (χ0) is 22.0. The van der Waals surface area contributed by atoms with Crippen molar-refractivity contribution in [1.82, 2.24) is 4.57 Å². The van der Waals surface area contributed by atoms with Crippen molar-refractivity contribution in [3.63, 3.8) is 0 Å². The van der Waals surface area contributed by atoms with E-state index in [9.17, 15) is 9.59 Å². The molecule has 2 heterocycles. The van der Waals surface area contributed by atoms with E-state index in [4.69, 9.17) is 16.3 Å². The third-order valence-electron chi connectivity index (χ3n) is 4.86. The van der Waals surface area contributed by atoms with Crippen LogP contribution in [0, 0.1) is 0 Å². The average molecular weight is 451 g/mol. The molecular weight excluding hydrogens is 432 g/mol. The monoisotopic (exact) mass is 450 g/mol. The summed E-state index contributed by atoms with van der Waals surface area (Å²) in [5, 5.41) is 0.626. The Kier molecular flexibility index (Phi) is 6.02. The van der Waals surface area contributed by atoms with Gasteiger partial charge in [-0.2, -0.15) is 0 Å². The number of rotatable bonds is 5. The van der Waals surface area contributed by atoms with Crippen molar-refractivity contribution in [2.75, 3.05) is 6.61 Å². The quantitative estimate of drug-likeness (QED) is 0.440. The van der Waals surface area contributed by atoms with E-state index < -0.39 is 12.0 Å². The number of ether oxygens (including phenoxy) is 1. The highest BCUT2D eigenvalue weighted by molar-refractivity contribution is 7.07. The Labute approximate surface area is 187 Å². The Morgan fingerprint density at radius 1 is 1.23 bits per heavy atom. The summed E-state index contributed by atoms with van der Waals surface area (Å²) in [6.07, 6.45) is 3.31. The van der Waals surface area contributed by atoms with Crippen molar-refractivity contribution in [2.24, 2.45) is 4.99 Å². The van der Waals surface area contributed by atoms with E-state index in [1.54, 1.807) is 29.7 Å². The van der Waals surface area contributed by atoms with Gasteiger partial charge >= 0.3 is 5.97 Å². The summed E-state index contributed by atoms with van der Waals surface area (Å²) in [7, 11) is 0. The molecule has 1 aromatic heterocycles. The van der Waals surface area contributed by atoms with Crippen molar-refractivity contribution in [1.29, 1.82) is 0 Å². The molecule has 0 amide bonds. The fourth-order valence-electron chi connectivity index (χ4n) is 3.46. The highest BCUT2D eigenvalue weighted by atomic mass is 35.5. The van der Waals surface area contributed by atoms with Crippen molar-refractivity contribution in [2.45, 2.75) is 13.0 Å². The first-order valence-corrected chi connectivity index (χ1v) is 10.8. The second-order valence-corrected chi connectivity index (χ2v) is 8.38. The molecule has 0 unspecified atom stereocenters. The molecule has 1 aliphatic rings. The van der Waals surface area contributed by atoms with E-state index in [1.807, 2.05) is 42.5 Å². The van der Waals surface area contributed by atoms with E-state index in [2.05, 4.69) is 11.6 Å². The van der Waals surface area contributed by atoms with Gasteiger partial charge in [0, 0.05) is 5.02 Å². The van der Waals surface area contributed by atoms with Crippen LogP contribution in [0.15, 0.2) is 88.3 Å². The van der Waals surface area contributed by atoms with Crippen LogP contribution < -0.4 is 14.9 Å². The lowest BCUT2D eigenvalue weighted by Crippen LogP contribution is -2.39. The third-order valence-corrected chi connectivity index (χ3v) is 6.09. The van der Waals surface area contributed by atoms with Crippen LogP contribution in [0.25, 0.3) is 6.08 Å². The fourth-order valence-corrected chi connectivity index (χ4v) is 4.63. The molecule has 3 aromatic rings. The highest BCUT2D eigenvalue weighted by Crippen LogP contribution is 2.30. The second-order valence-electron chi connectivity index (χ2n) is 6.93. The molecule has 0 bridgehead atoms. The van der Waals surface area contributed by atoms with Crippen LogP contribution in [0.5, 0.6) is 0 Å². The van der Waals surface area contributed by atoms with Gasteiger partial charge in [-0.1, -0.05) is 78.1 Å². The molecule has 0 fully saturated rings. The maximum atomic E-state index is 13.4. The molecule has 2 aromatic carbocycles. The predicted octanol–water partition coefficient (Wildman–Crippen LogP) is 3.62. The number of hydrogen-bond acceptors (Lipinski definition) is 5. The molecule has 0 spiro atoms. The number of esters is 1. The zero-order valence-corrected chi connectivity index (χ0v) is 18.3. The summed E-state index contributed by atoms with van der Waals surface area (Å²) in [5.74, 6) is -0.512. The Morgan fingerprint density at radius 3 is 2.61 bits per heavy atom. The molecule has 4 rings (SSSR count). The van der Waals surface area contributed by atoms with Gasteiger partial charge in [-0.05, 0) is 36.3 Å². The number of fused-ring (bicyclic) bond motifs is 1. The van der Waals surface area contributed by atoms with Crippen LogP contribution in [0.3, 0.4) is 0 Å². The molecule has 0 radical (unpaired) electrons. The van der Waals surface area contributed by atoms with Crippen molar-refractivity contribution < 1.29 is 9.53 Å². The molecule has 5 nitrogen and oxygen atoms in total. The summed E-state index contributed by atoms with van der Waals surface area (Å²) in [4.78, 5) is 31.4. The molecule has 0 saturated carbocycles. The van der Waals surface area contributed by atoms with E-state index >= 15 is 0 Å². The summed E-state index contributed by atoms with van der Waals surface area (Å²) in [5.41, 5.74) is 2.32. The zero-order valence-electron chi connectivity index (χ0n) is 16.7. The minimum atomic E-state index is -0.623. The van der Waals surface area contributed by atoms with Crippen LogP contribution in [0.2, 0.25) is 5.02 Å². The van der Waals surface area contributed by atoms with Gasteiger partial charge in [-0.15, -0.1) is 0 Å². The summed E-state index contributed by atoms with van der Waals surface area (Å²) < 4.78 is 7.41. The Balaban J connectivity index is 1.92. The first-order valence-electron chi connectivity index (χ1n) is 9.60. The van der Waals surface area contributed by atoms with Crippen molar-refractivity contribution in [3.8, 4) is 0 Å². The Hall–Kier alpha value is -3.22. The van der Waals surface area contributed by atoms with E-state index in [-0.39, 0.29) is 12.2 Å².